The second-order valence-electron chi connectivity index (χ2n) is 5.61. The Labute approximate surface area is 123 Å². The van der Waals surface area contributed by atoms with Gasteiger partial charge >= 0.3 is 0 Å². The average Bonchev–Trinajstić information content (AvgIpc) is 2.22. The van der Waals surface area contributed by atoms with Crippen molar-refractivity contribution in [1.82, 2.24) is 5.32 Å². The summed E-state index contributed by atoms with van der Waals surface area (Å²) in [6, 6.07) is 6.50. The summed E-state index contributed by atoms with van der Waals surface area (Å²) < 4.78 is 1.28. The third kappa shape index (κ3) is 5.14. The summed E-state index contributed by atoms with van der Waals surface area (Å²) in [6.07, 6.45) is 2.33. The number of nitrogens with one attached hydrogen (secondary N) is 1. The van der Waals surface area contributed by atoms with E-state index in [1.165, 1.54) is 15.6 Å². The topological polar surface area (TPSA) is 12.0 Å². The smallest absolute Gasteiger partial charge is 0.0410 e. The zero-order valence-electron chi connectivity index (χ0n) is 11.0. The largest absolute Gasteiger partial charge is 0.313 e. The Hall–Kier alpha value is 0.200. The molecule has 0 fully saturated rings. The SMILES string of the molecule is CNC(CCC(C)(C)C)c1cc(Cl)ccc1I. The fraction of sp³-hybridized carbons (Fsp3) is 0.571. The van der Waals surface area contributed by atoms with Crippen molar-refractivity contribution in [3.63, 3.8) is 0 Å². The van der Waals surface area contributed by atoms with E-state index < -0.39 is 0 Å². The van der Waals surface area contributed by atoms with E-state index >= 15 is 0 Å². The van der Waals surface area contributed by atoms with E-state index in [0.29, 0.717) is 11.5 Å². The van der Waals surface area contributed by atoms with E-state index in [0.717, 1.165) is 11.4 Å². The van der Waals surface area contributed by atoms with Gasteiger partial charge in [-0.3, -0.25) is 0 Å². The number of hydrogen-bond acceptors (Lipinski definition) is 1. The molecule has 0 heterocycles. The van der Waals surface area contributed by atoms with Crippen LogP contribution in [-0.2, 0) is 0 Å². The molecule has 0 amide bonds. The number of halogens is 2. The summed E-state index contributed by atoms with van der Waals surface area (Å²) in [5.74, 6) is 0. The standard InChI is InChI=1S/C14H21ClIN/c1-14(2,3)8-7-13(17-4)11-9-10(15)5-6-12(11)16/h5-6,9,13,17H,7-8H2,1-4H3. The van der Waals surface area contributed by atoms with Crippen LogP contribution in [0.1, 0.15) is 45.2 Å². The first-order valence-electron chi connectivity index (χ1n) is 5.96. The van der Waals surface area contributed by atoms with Gasteiger partial charge in [-0.1, -0.05) is 32.4 Å². The van der Waals surface area contributed by atoms with Crippen molar-refractivity contribution in [2.24, 2.45) is 5.41 Å². The van der Waals surface area contributed by atoms with Crippen LogP contribution in [0.3, 0.4) is 0 Å². The molecule has 1 atom stereocenters. The van der Waals surface area contributed by atoms with Gasteiger partial charge in [-0.25, -0.2) is 0 Å². The van der Waals surface area contributed by atoms with Crippen molar-refractivity contribution in [3.05, 3.63) is 32.4 Å². The second kappa shape index (κ2) is 6.39. The van der Waals surface area contributed by atoms with Crippen molar-refractivity contribution in [1.29, 1.82) is 0 Å². The first kappa shape index (κ1) is 15.3. The minimum absolute atomic E-state index is 0.374. The Morgan fingerprint density at radius 1 is 1.35 bits per heavy atom. The third-order valence-corrected chi connectivity index (χ3v) is 4.08. The molecule has 0 aliphatic carbocycles. The molecule has 1 aromatic carbocycles. The van der Waals surface area contributed by atoms with E-state index in [4.69, 9.17) is 11.6 Å². The van der Waals surface area contributed by atoms with Crippen LogP contribution >= 0.6 is 34.2 Å². The minimum Gasteiger partial charge on any atom is -0.313 e. The first-order valence-corrected chi connectivity index (χ1v) is 7.41. The van der Waals surface area contributed by atoms with Gasteiger partial charge in [0.1, 0.15) is 0 Å². The van der Waals surface area contributed by atoms with Gasteiger partial charge in [-0.05, 0) is 71.7 Å². The number of rotatable bonds is 4. The van der Waals surface area contributed by atoms with Gasteiger partial charge in [0.25, 0.3) is 0 Å². The fourth-order valence-electron chi connectivity index (χ4n) is 1.81. The van der Waals surface area contributed by atoms with Gasteiger partial charge in [0.05, 0.1) is 0 Å². The van der Waals surface area contributed by atoms with Crippen molar-refractivity contribution < 1.29 is 0 Å². The highest BCUT2D eigenvalue weighted by Crippen LogP contribution is 2.30. The first-order chi connectivity index (χ1) is 7.83. The summed E-state index contributed by atoms with van der Waals surface area (Å²) in [5.41, 5.74) is 1.68. The fourth-order valence-corrected chi connectivity index (χ4v) is 2.71. The molecule has 1 nitrogen and oxygen atoms in total. The zero-order valence-corrected chi connectivity index (χ0v) is 13.9. The van der Waals surface area contributed by atoms with Crippen LogP contribution in [0.5, 0.6) is 0 Å². The molecule has 0 aliphatic rings. The zero-order chi connectivity index (χ0) is 13.1. The Balaban J connectivity index is 2.82. The van der Waals surface area contributed by atoms with Gasteiger partial charge in [0.2, 0.25) is 0 Å². The Bertz CT molecular complexity index is 371. The van der Waals surface area contributed by atoms with Gasteiger partial charge < -0.3 is 5.32 Å². The summed E-state index contributed by atoms with van der Waals surface area (Å²) in [7, 11) is 2.02. The normalized spacial score (nSPS) is 13.8. The van der Waals surface area contributed by atoms with Crippen LogP contribution in [0.2, 0.25) is 5.02 Å². The summed E-state index contributed by atoms with van der Waals surface area (Å²) >= 11 is 8.45. The second-order valence-corrected chi connectivity index (χ2v) is 7.21. The minimum atomic E-state index is 0.374. The molecule has 17 heavy (non-hydrogen) atoms. The van der Waals surface area contributed by atoms with Crippen LogP contribution in [0, 0.1) is 8.99 Å². The van der Waals surface area contributed by atoms with Gasteiger partial charge in [0, 0.05) is 14.6 Å². The van der Waals surface area contributed by atoms with Crippen LogP contribution < -0.4 is 5.32 Å². The summed E-state index contributed by atoms with van der Waals surface area (Å²) in [4.78, 5) is 0. The molecule has 0 spiro atoms. The molecule has 0 aromatic heterocycles. The maximum absolute atomic E-state index is 6.08. The third-order valence-electron chi connectivity index (χ3n) is 2.86. The molecule has 0 radical (unpaired) electrons. The predicted octanol–water partition coefficient (Wildman–Crippen LogP) is 5.03. The molecular weight excluding hydrogens is 345 g/mol. The molecule has 3 heteroatoms. The van der Waals surface area contributed by atoms with Crippen LogP contribution in [-0.4, -0.2) is 7.05 Å². The van der Waals surface area contributed by atoms with Crippen molar-refractivity contribution in [2.45, 2.75) is 39.7 Å². The molecular formula is C14H21ClIN. The lowest BCUT2D eigenvalue weighted by molar-refractivity contribution is 0.337. The maximum Gasteiger partial charge on any atom is 0.0410 e. The van der Waals surface area contributed by atoms with Crippen LogP contribution in [0.25, 0.3) is 0 Å². The monoisotopic (exact) mass is 365 g/mol. The van der Waals surface area contributed by atoms with Gasteiger partial charge in [-0.2, -0.15) is 0 Å². The quantitative estimate of drug-likeness (QED) is 0.738. The highest BCUT2D eigenvalue weighted by atomic mass is 127. The van der Waals surface area contributed by atoms with E-state index in [1.807, 2.05) is 13.1 Å². The Morgan fingerprint density at radius 2 is 2.00 bits per heavy atom. The van der Waals surface area contributed by atoms with Crippen molar-refractivity contribution in [3.8, 4) is 0 Å². The van der Waals surface area contributed by atoms with E-state index in [-0.39, 0.29) is 0 Å². The lowest BCUT2D eigenvalue weighted by Gasteiger charge is -2.24. The van der Waals surface area contributed by atoms with Gasteiger partial charge in [-0.15, -0.1) is 0 Å². The highest BCUT2D eigenvalue weighted by Gasteiger charge is 2.17. The highest BCUT2D eigenvalue weighted by molar-refractivity contribution is 14.1. The van der Waals surface area contributed by atoms with E-state index in [2.05, 4.69) is 60.8 Å². The van der Waals surface area contributed by atoms with E-state index in [9.17, 15) is 0 Å². The summed E-state index contributed by atoms with van der Waals surface area (Å²) in [5, 5.41) is 4.21. The molecule has 0 saturated carbocycles. The molecule has 1 aromatic rings. The maximum atomic E-state index is 6.08. The van der Waals surface area contributed by atoms with E-state index in [1.54, 1.807) is 0 Å². The average molecular weight is 366 g/mol. The Kier molecular flexibility index (Phi) is 5.74. The molecule has 0 saturated heterocycles. The lowest BCUT2D eigenvalue weighted by atomic mass is 9.87. The van der Waals surface area contributed by atoms with Crippen LogP contribution in [0.4, 0.5) is 0 Å². The molecule has 1 rings (SSSR count). The molecule has 1 unspecified atom stereocenters. The van der Waals surface area contributed by atoms with Crippen LogP contribution in [0.15, 0.2) is 18.2 Å². The van der Waals surface area contributed by atoms with Crippen molar-refractivity contribution in [2.75, 3.05) is 7.05 Å². The predicted molar refractivity (Wildman–Crippen MR) is 84.7 cm³/mol. The Morgan fingerprint density at radius 3 is 2.53 bits per heavy atom. The molecule has 0 bridgehead atoms. The molecule has 96 valence electrons. The lowest BCUT2D eigenvalue weighted by Crippen LogP contribution is -2.19. The number of hydrogen-bond donors (Lipinski definition) is 1. The molecule has 0 aliphatic heterocycles. The summed E-state index contributed by atoms with van der Waals surface area (Å²) in [6.45, 7) is 6.84. The molecule has 1 N–H and O–H groups in total. The van der Waals surface area contributed by atoms with Gasteiger partial charge in [0.15, 0.2) is 0 Å². The number of benzene rings is 1. The van der Waals surface area contributed by atoms with Crippen molar-refractivity contribution >= 4 is 34.2 Å².